The van der Waals surface area contributed by atoms with Crippen molar-refractivity contribution in [2.45, 2.75) is 32.9 Å². The van der Waals surface area contributed by atoms with Crippen LogP contribution in [0.25, 0.3) is 0 Å². The minimum atomic E-state index is -0.959. The highest BCUT2D eigenvalue weighted by atomic mass is 16.5. The van der Waals surface area contributed by atoms with Gasteiger partial charge in [0.15, 0.2) is 0 Å². The lowest BCUT2D eigenvalue weighted by atomic mass is 10.4. The molecule has 0 fully saturated rings. The van der Waals surface area contributed by atoms with Crippen molar-refractivity contribution < 1.29 is 14.6 Å². The van der Waals surface area contributed by atoms with Crippen LogP contribution in [0.1, 0.15) is 26.7 Å². The van der Waals surface area contributed by atoms with Crippen molar-refractivity contribution in [2.75, 3.05) is 13.7 Å². The summed E-state index contributed by atoms with van der Waals surface area (Å²) >= 11 is 0. The smallest absolute Gasteiger partial charge is 0.409 e. The van der Waals surface area contributed by atoms with Crippen molar-refractivity contribution in [3.05, 3.63) is 0 Å². The van der Waals surface area contributed by atoms with Crippen LogP contribution in [0, 0.1) is 0 Å². The summed E-state index contributed by atoms with van der Waals surface area (Å²) in [6.45, 7) is 4.41. The molecule has 0 saturated carbocycles. The summed E-state index contributed by atoms with van der Waals surface area (Å²) in [4.78, 5) is 11.6. The van der Waals surface area contributed by atoms with Crippen LogP contribution in [-0.4, -0.2) is 36.0 Å². The molecule has 0 aliphatic heterocycles. The first-order chi connectivity index (χ1) is 5.59. The Labute approximate surface area is 73.1 Å². The molecule has 72 valence electrons. The molecule has 0 radical (unpaired) electrons. The number of nitrogens with zero attached hydrogens (tertiary/aromatic N) is 1. The van der Waals surface area contributed by atoms with Crippen molar-refractivity contribution in [3.63, 3.8) is 0 Å². The van der Waals surface area contributed by atoms with E-state index in [-0.39, 0.29) is 6.23 Å². The number of rotatable bonds is 5. The van der Waals surface area contributed by atoms with Crippen LogP contribution in [0.5, 0.6) is 0 Å². The Morgan fingerprint density at radius 2 is 2.25 bits per heavy atom. The van der Waals surface area contributed by atoms with E-state index in [0.29, 0.717) is 6.61 Å². The second-order valence-electron chi connectivity index (χ2n) is 2.72. The van der Waals surface area contributed by atoms with Gasteiger partial charge in [-0.3, -0.25) is 4.90 Å². The number of hydrogen-bond donors (Lipinski definition) is 1. The zero-order chi connectivity index (χ0) is 9.56. The molecule has 12 heavy (non-hydrogen) atoms. The number of carboxylic acid groups (broad SMARTS) is 1. The normalized spacial score (nSPS) is 12.6. The summed E-state index contributed by atoms with van der Waals surface area (Å²) in [6, 6.07) is 0. The van der Waals surface area contributed by atoms with E-state index >= 15 is 0 Å². The highest BCUT2D eigenvalue weighted by Gasteiger charge is 2.13. The number of amides is 1. The highest BCUT2D eigenvalue weighted by molar-refractivity contribution is 5.64. The van der Waals surface area contributed by atoms with Gasteiger partial charge in [0, 0.05) is 13.7 Å². The Balaban J connectivity index is 3.56. The first kappa shape index (κ1) is 11.2. The molecule has 1 N–H and O–H groups in total. The predicted octanol–water partition coefficient (Wildman–Crippen LogP) is 1.76. The molecule has 4 nitrogen and oxygen atoms in total. The molecule has 0 aromatic heterocycles. The Bertz CT molecular complexity index is 138. The van der Waals surface area contributed by atoms with Crippen molar-refractivity contribution in [1.82, 2.24) is 4.90 Å². The van der Waals surface area contributed by atoms with E-state index in [4.69, 9.17) is 9.84 Å². The van der Waals surface area contributed by atoms with E-state index in [0.717, 1.165) is 17.7 Å². The van der Waals surface area contributed by atoms with Crippen LogP contribution in [-0.2, 0) is 4.74 Å². The SMILES string of the molecule is CCCCOC(C)N(C)C(=O)O. The molecule has 1 unspecified atom stereocenters. The van der Waals surface area contributed by atoms with E-state index in [9.17, 15) is 4.79 Å². The Morgan fingerprint density at radius 3 is 2.67 bits per heavy atom. The lowest BCUT2D eigenvalue weighted by molar-refractivity contribution is -0.0259. The van der Waals surface area contributed by atoms with Crippen molar-refractivity contribution >= 4 is 6.09 Å². The zero-order valence-corrected chi connectivity index (χ0v) is 7.91. The second-order valence-corrected chi connectivity index (χ2v) is 2.72. The molecular weight excluding hydrogens is 158 g/mol. The summed E-state index contributed by atoms with van der Waals surface area (Å²) < 4.78 is 5.25. The van der Waals surface area contributed by atoms with Crippen LogP contribution in [0.3, 0.4) is 0 Å². The fraction of sp³-hybridized carbons (Fsp3) is 0.875. The van der Waals surface area contributed by atoms with Crippen LogP contribution < -0.4 is 0 Å². The number of hydrogen-bond acceptors (Lipinski definition) is 2. The molecular formula is C8H17NO3. The molecule has 0 aliphatic carbocycles. The summed E-state index contributed by atoms with van der Waals surface area (Å²) in [6.07, 6.45) is 0.717. The van der Waals surface area contributed by atoms with Crippen LogP contribution in [0.2, 0.25) is 0 Å². The number of carbonyl (C=O) groups is 1. The molecule has 1 atom stereocenters. The first-order valence-electron chi connectivity index (χ1n) is 4.17. The molecule has 0 aliphatic rings. The Kier molecular flexibility index (Phi) is 5.45. The lowest BCUT2D eigenvalue weighted by Gasteiger charge is -2.21. The van der Waals surface area contributed by atoms with E-state index in [2.05, 4.69) is 6.92 Å². The minimum absolute atomic E-state index is 0.353. The maximum Gasteiger partial charge on any atom is 0.409 e. The van der Waals surface area contributed by atoms with Gasteiger partial charge in [-0.2, -0.15) is 0 Å². The molecule has 0 spiro atoms. The van der Waals surface area contributed by atoms with Crippen molar-refractivity contribution in [3.8, 4) is 0 Å². The van der Waals surface area contributed by atoms with Crippen molar-refractivity contribution in [2.24, 2.45) is 0 Å². The highest BCUT2D eigenvalue weighted by Crippen LogP contribution is 1.99. The molecule has 0 bridgehead atoms. The van der Waals surface area contributed by atoms with Gasteiger partial charge in [-0.15, -0.1) is 0 Å². The zero-order valence-electron chi connectivity index (χ0n) is 7.91. The molecule has 0 heterocycles. The number of ether oxygens (including phenoxy) is 1. The average Bonchev–Trinajstić information content (AvgIpc) is 2.03. The van der Waals surface area contributed by atoms with Gasteiger partial charge in [-0.05, 0) is 13.3 Å². The molecule has 0 aromatic rings. The summed E-state index contributed by atoms with van der Waals surface area (Å²) in [5.74, 6) is 0. The van der Waals surface area contributed by atoms with Gasteiger partial charge in [-0.25, -0.2) is 4.79 Å². The summed E-state index contributed by atoms with van der Waals surface area (Å²) in [5.41, 5.74) is 0. The van der Waals surface area contributed by atoms with Gasteiger partial charge in [0.05, 0.1) is 0 Å². The van der Waals surface area contributed by atoms with Crippen molar-refractivity contribution in [1.29, 1.82) is 0 Å². The van der Waals surface area contributed by atoms with Gasteiger partial charge >= 0.3 is 6.09 Å². The van der Waals surface area contributed by atoms with Crippen LogP contribution >= 0.6 is 0 Å². The third-order valence-electron chi connectivity index (χ3n) is 1.70. The largest absolute Gasteiger partial charge is 0.465 e. The Hall–Kier alpha value is -0.770. The van der Waals surface area contributed by atoms with Gasteiger partial charge in [0.2, 0.25) is 0 Å². The molecule has 0 aromatic carbocycles. The van der Waals surface area contributed by atoms with Gasteiger partial charge < -0.3 is 9.84 Å². The fourth-order valence-corrected chi connectivity index (χ4v) is 0.666. The third kappa shape index (κ3) is 4.18. The van der Waals surface area contributed by atoms with E-state index in [1.54, 1.807) is 6.92 Å². The topological polar surface area (TPSA) is 49.8 Å². The summed E-state index contributed by atoms with van der Waals surface area (Å²) in [7, 11) is 1.50. The van der Waals surface area contributed by atoms with E-state index in [1.165, 1.54) is 7.05 Å². The van der Waals surface area contributed by atoms with Gasteiger partial charge in [0.25, 0.3) is 0 Å². The fourth-order valence-electron chi connectivity index (χ4n) is 0.666. The van der Waals surface area contributed by atoms with Crippen LogP contribution in [0.15, 0.2) is 0 Å². The quantitative estimate of drug-likeness (QED) is 0.511. The second kappa shape index (κ2) is 5.83. The third-order valence-corrected chi connectivity index (χ3v) is 1.70. The lowest BCUT2D eigenvalue weighted by Crippen LogP contribution is -2.35. The average molecular weight is 175 g/mol. The first-order valence-corrected chi connectivity index (χ1v) is 4.17. The Morgan fingerprint density at radius 1 is 1.67 bits per heavy atom. The maximum atomic E-state index is 10.4. The van der Waals surface area contributed by atoms with E-state index in [1.807, 2.05) is 0 Å². The maximum absolute atomic E-state index is 10.4. The minimum Gasteiger partial charge on any atom is -0.465 e. The predicted molar refractivity (Wildman–Crippen MR) is 46.1 cm³/mol. The van der Waals surface area contributed by atoms with E-state index < -0.39 is 6.09 Å². The standard InChI is InChI=1S/C8H17NO3/c1-4-5-6-12-7(2)9(3)8(10)11/h7H,4-6H2,1-3H3,(H,10,11). The molecule has 1 amide bonds. The number of unbranched alkanes of at least 4 members (excludes halogenated alkanes) is 1. The molecule has 0 rings (SSSR count). The van der Waals surface area contributed by atoms with Crippen LogP contribution in [0.4, 0.5) is 4.79 Å². The molecule has 0 saturated heterocycles. The van der Waals surface area contributed by atoms with Gasteiger partial charge in [0.1, 0.15) is 6.23 Å². The monoisotopic (exact) mass is 175 g/mol. The molecule has 4 heteroatoms. The summed E-state index contributed by atoms with van der Waals surface area (Å²) in [5, 5.41) is 8.55. The van der Waals surface area contributed by atoms with Gasteiger partial charge in [-0.1, -0.05) is 13.3 Å².